The molecule has 0 saturated carbocycles. The van der Waals surface area contributed by atoms with E-state index < -0.39 is 53.9 Å². The summed E-state index contributed by atoms with van der Waals surface area (Å²) in [5, 5.41) is 9.80. The van der Waals surface area contributed by atoms with Crippen molar-refractivity contribution in [1.82, 2.24) is 0 Å². The number of ether oxygens (including phenoxy) is 1. The zero-order valence-electron chi connectivity index (χ0n) is 15.8. The molecule has 1 N–H and O–H groups in total. The zero-order valence-corrected chi connectivity index (χ0v) is 15.8. The topological polar surface area (TPSA) is 29.5 Å². The molecule has 0 aliphatic rings. The Hall–Kier alpha value is -1.93. The van der Waals surface area contributed by atoms with E-state index in [1.165, 1.54) is 6.07 Å². The van der Waals surface area contributed by atoms with Gasteiger partial charge in [0.2, 0.25) is 0 Å². The highest BCUT2D eigenvalue weighted by molar-refractivity contribution is 5.35. The first-order chi connectivity index (χ1) is 14.2. The van der Waals surface area contributed by atoms with Crippen LogP contribution >= 0.6 is 0 Å². The molecule has 0 amide bonds. The standard InChI is InChI=1S/C17H15F13O2/c1-2-7-32-11-6-4-3-5-9(11)10(31)8-12(18,19)13(20,21)14(22,23)15(24,25)16(26,27)17(28,29)30/h3-6,10,31H,2,7-8H2,1H3. The smallest absolute Gasteiger partial charge is 0.460 e. The van der Waals surface area contributed by atoms with E-state index in [-0.39, 0.29) is 12.4 Å². The van der Waals surface area contributed by atoms with Crippen molar-refractivity contribution in [3.8, 4) is 5.75 Å². The fourth-order valence-corrected chi connectivity index (χ4v) is 2.38. The third-order valence-electron chi connectivity index (χ3n) is 4.19. The first-order valence-corrected chi connectivity index (χ1v) is 8.54. The van der Waals surface area contributed by atoms with Crippen molar-refractivity contribution in [2.24, 2.45) is 0 Å². The fourth-order valence-electron chi connectivity index (χ4n) is 2.38. The molecule has 0 aromatic heterocycles. The molecule has 0 bridgehead atoms. The van der Waals surface area contributed by atoms with E-state index in [4.69, 9.17) is 4.74 Å². The zero-order chi connectivity index (χ0) is 25.4. The third kappa shape index (κ3) is 4.57. The number of benzene rings is 1. The predicted octanol–water partition coefficient (Wildman–Crippen LogP) is 6.64. The summed E-state index contributed by atoms with van der Waals surface area (Å²) >= 11 is 0. The van der Waals surface area contributed by atoms with Gasteiger partial charge in [0.05, 0.1) is 12.7 Å². The highest BCUT2D eigenvalue weighted by Gasteiger charge is 2.90. The van der Waals surface area contributed by atoms with Crippen LogP contribution in [0.4, 0.5) is 57.1 Å². The average molecular weight is 498 g/mol. The molecule has 1 rings (SSSR count). The predicted molar refractivity (Wildman–Crippen MR) is 82.6 cm³/mol. The van der Waals surface area contributed by atoms with E-state index in [1.54, 1.807) is 6.92 Å². The molecule has 1 aromatic rings. The Labute approximate surface area is 172 Å². The van der Waals surface area contributed by atoms with Crippen molar-refractivity contribution in [1.29, 1.82) is 0 Å². The molecule has 32 heavy (non-hydrogen) atoms. The van der Waals surface area contributed by atoms with Gasteiger partial charge in [-0.2, -0.15) is 57.1 Å². The Kier molecular flexibility index (Phi) is 7.71. The highest BCUT2D eigenvalue weighted by Crippen LogP contribution is 2.61. The van der Waals surface area contributed by atoms with Crippen LogP contribution in [0, 0.1) is 0 Å². The van der Waals surface area contributed by atoms with Gasteiger partial charge in [-0.3, -0.25) is 0 Å². The second-order valence-electron chi connectivity index (χ2n) is 6.61. The van der Waals surface area contributed by atoms with E-state index in [0.29, 0.717) is 6.42 Å². The van der Waals surface area contributed by atoms with E-state index in [9.17, 15) is 62.2 Å². The van der Waals surface area contributed by atoms with E-state index in [1.807, 2.05) is 0 Å². The van der Waals surface area contributed by atoms with Crippen molar-refractivity contribution in [2.45, 2.75) is 61.7 Å². The molecule has 2 nitrogen and oxygen atoms in total. The molecule has 0 aliphatic heterocycles. The summed E-state index contributed by atoms with van der Waals surface area (Å²) < 4.78 is 176. The first kappa shape index (κ1) is 28.1. The van der Waals surface area contributed by atoms with Crippen LogP contribution in [0.1, 0.15) is 31.4 Å². The number of halogens is 13. The number of para-hydroxylation sites is 1. The maximum Gasteiger partial charge on any atom is 0.460 e. The summed E-state index contributed by atoms with van der Waals surface area (Å²) in [5.74, 6) is -37.8. The van der Waals surface area contributed by atoms with Gasteiger partial charge in [0, 0.05) is 12.0 Å². The van der Waals surface area contributed by atoms with Crippen molar-refractivity contribution in [3.63, 3.8) is 0 Å². The minimum Gasteiger partial charge on any atom is -0.493 e. The second kappa shape index (κ2) is 8.78. The van der Waals surface area contributed by atoms with Gasteiger partial charge in [-0.05, 0) is 12.5 Å². The highest BCUT2D eigenvalue weighted by atomic mass is 19.4. The largest absolute Gasteiger partial charge is 0.493 e. The van der Waals surface area contributed by atoms with Gasteiger partial charge in [-0.1, -0.05) is 25.1 Å². The monoisotopic (exact) mass is 498 g/mol. The van der Waals surface area contributed by atoms with Crippen molar-refractivity contribution in [2.75, 3.05) is 6.61 Å². The van der Waals surface area contributed by atoms with Gasteiger partial charge in [-0.15, -0.1) is 0 Å². The Morgan fingerprint density at radius 3 is 1.69 bits per heavy atom. The first-order valence-electron chi connectivity index (χ1n) is 8.54. The lowest BCUT2D eigenvalue weighted by Crippen LogP contribution is -2.70. The quantitative estimate of drug-likeness (QED) is 0.367. The molecule has 186 valence electrons. The molecule has 0 radical (unpaired) electrons. The molecule has 0 saturated heterocycles. The Bertz CT molecular complexity index is 774. The normalized spacial score (nSPS) is 15.6. The number of alkyl halides is 13. The summed E-state index contributed by atoms with van der Waals surface area (Å²) in [6.45, 7) is 1.51. The summed E-state index contributed by atoms with van der Waals surface area (Å²) in [4.78, 5) is 0. The molecule has 1 aromatic carbocycles. The van der Waals surface area contributed by atoms with Crippen LogP contribution in [-0.4, -0.2) is 47.5 Å². The number of hydrogen-bond acceptors (Lipinski definition) is 2. The van der Waals surface area contributed by atoms with Crippen LogP contribution in [-0.2, 0) is 0 Å². The summed E-state index contributed by atoms with van der Waals surface area (Å²) in [6, 6.07) is 4.19. The van der Waals surface area contributed by atoms with Crippen molar-refractivity contribution >= 4 is 0 Å². The molecule has 0 spiro atoms. The maximum absolute atomic E-state index is 13.9. The molecule has 0 heterocycles. The van der Waals surface area contributed by atoms with Crippen molar-refractivity contribution in [3.05, 3.63) is 29.8 Å². The van der Waals surface area contributed by atoms with E-state index >= 15 is 0 Å². The van der Waals surface area contributed by atoms with Crippen LogP contribution in [0.3, 0.4) is 0 Å². The van der Waals surface area contributed by atoms with Crippen LogP contribution < -0.4 is 4.74 Å². The number of rotatable bonds is 10. The average Bonchev–Trinajstić information content (AvgIpc) is 2.64. The van der Waals surface area contributed by atoms with Crippen LogP contribution in [0.2, 0.25) is 0 Å². The molecule has 15 heteroatoms. The van der Waals surface area contributed by atoms with E-state index in [0.717, 1.165) is 18.2 Å². The lowest BCUT2D eigenvalue weighted by molar-refractivity contribution is -0.440. The van der Waals surface area contributed by atoms with Crippen LogP contribution in [0.5, 0.6) is 5.75 Å². The second-order valence-corrected chi connectivity index (χ2v) is 6.61. The summed E-state index contributed by atoms with van der Waals surface area (Å²) in [5.41, 5.74) is -0.674. The van der Waals surface area contributed by atoms with Gasteiger partial charge in [0.25, 0.3) is 0 Å². The minimum atomic E-state index is -7.97. The molecule has 0 aliphatic carbocycles. The molecule has 1 unspecified atom stereocenters. The minimum absolute atomic E-state index is 0.0763. The number of aliphatic hydroxyl groups excluding tert-OH is 1. The third-order valence-corrected chi connectivity index (χ3v) is 4.19. The van der Waals surface area contributed by atoms with Gasteiger partial charge in [0.1, 0.15) is 5.75 Å². The van der Waals surface area contributed by atoms with Gasteiger partial charge in [-0.25, -0.2) is 0 Å². The Balaban J connectivity index is 3.35. The Morgan fingerprint density at radius 2 is 1.22 bits per heavy atom. The van der Waals surface area contributed by atoms with Crippen LogP contribution in [0.25, 0.3) is 0 Å². The molecule has 1 atom stereocenters. The molecule has 0 fully saturated rings. The number of hydrogen-bond donors (Lipinski definition) is 1. The van der Waals surface area contributed by atoms with Gasteiger partial charge >= 0.3 is 35.8 Å². The summed E-state index contributed by atoms with van der Waals surface area (Å²) in [7, 11) is 0. The van der Waals surface area contributed by atoms with E-state index in [2.05, 4.69) is 0 Å². The number of aliphatic hydroxyl groups is 1. The lowest BCUT2D eigenvalue weighted by atomic mass is 9.90. The molecular formula is C17H15F13O2. The van der Waals surface area contributed by atoms with Gasteiger partial charge < -0.3 is 9.84 Å². The van der Waals surface area contributed by atoms with Crippen molar-refractivity contribution < 1.29 is 66.9 Å². The fraction of sp³-hybridized carbons (Fsp3) is 0.647. The van der Waals surface area contributed by atoms with Gasteiger partial charge in [0.15, 0.2) is 0 Å². The molecular weight excluding hydrogens is 483 g/mol. The summed E-state index contributed by atoms with van der Waals surface area (Å²) in [6.07, 6.45) is -12.7. The maximum atomic E-state index is 13.9. The Morgan fingerprint density at radius 1 is 0.750 bits per heavy atom. The lowest BCUT2D eigenvalue weighted by Gasteiger charge is -2.40. The van der Waals surface area contributed by atoms with Crippen LogP contribution in [0.15, 0.2) is 24.3 Å². The SMILES string of the molecule is CCCOc1ccccc1C(O)CC(F)(F)C(F)(F)C(F)(F)C(F)(F)C(F)(F)C(F)(F)F.